The van der Waals surface area contributed by atoms with Crippen molar-refractivity contribution in [3.05, 3.63) is 75.7 Å². The van der Waals surface area contributed by atoms with Crippen LogP contribution in [0.3, 0.4) is 0 Å². The maximum Gasteiger partial charge on any atom is 0.274 e. The smallest absolute Gasteiger partial charge is 0.274 e. The van der Waals surface area contributed by atoms with Crippen molar-refractivity contribution in [1.82, 2.24) is 20.1 Å². The van der Waals surface area contributed by atoms with Gasteiger partial charge in [0.2, 0.25) is 0 Å². The summed E-state index contributed by atoms with van der Waals surface area (Å²) in [6.07, 6.45) is 3.06. The molecule has 2 N–H and O–H groups in total. The van der Waals surface area contributed by atoms with E-state index in [1.807, 2.05) is 13.8 Å². The molecule has 1 aromatic carbocycles. The second-order valence-corrected chi connectivity index (χ2v) is 7.95. The Morgan fingerprint density at radius 2 is 1.94 bits per heavy atom. The summed E-state index contributed by atoms with van der Waals surface area (Å²) in [4.78, 5) is 30.2. The van der Waals surface area contributed by atoms with E-state index in [9.17, 15) is 9.59 Å². The maximum atomic E-state index is 13.2. The minimum absolute atomic E-state index is 0.0850. The van der Waals surface area contributed by atoms with Gasteiger partial charge in [-0.2, -0.15) is 5.10 Å². The van der Waals surface area contributed by atoms with Gasteiger partial charge in [0, 0.05) is 17.3 Å². The molecule has 0 aliphatic rings. The molecule has 2 amide bonds. The van der Waals surface area contributed by atoms with E-state index in [1.165, 1.54) is 16.8 Å². The van der Waals surface area contributed by atoms with Crippen molar-refractivity contribution in [3.8, 4) is 5.82 Å². The number of nitrogens with one attached hydrogen (secondary N) is 2. The highest BCUT2D eigenvalue weighted by Crippen LogP contribution is 2.27. The number of aryl methyl sites for hydroxylation is 1. The number of carbonyl (C=O) groups excluding carboxylic acids is 2. The van der Waals surface area contributed by atoms with Crippen LogP contribution in [0.25, 0.3) is 11.9 Å². The number of pyridine rings is 1. The van der Waals surface area contributed by atoms with Gasteiger partial charge in [0.05, 0.1) is 22.0 Å². The predicted molar refractivity (Wildman–Crippen MR) is 123 cm³/mol. The summed E-state index contributed by atoms with van der Waals surface area (Å²) in [5, 5.41) is 10.7. The van der Waals surface area contributed by atoms with Gasteiger partial charge in [-0.1, -0.05) is 29.8 Å². The number of aromatic nitrogens is 3. The summed E-state index contributed by atoms with van der Waals surface area (Å²) in [5.74, 6) is -0.539. The highest BCUT2D eigenvalue weighted by molar-refractivity contribution is 6.32. The first-order valence-corrected chi connectivity index (χ1v) is 10.2. The van der Waals surface area contributed by atoms with Crippen LogP contribution in [0.4, 0.5) is 5.69 Å². The molecule has 2 heterocycles. The number of nitrogens with zero attached hydrogens (tertiary/aromatic N) is 3. The Morgan fingerprint density at radius 1 is 1.19 bits per heavy atom. The van der Waals surface area contributed by atoms with Gasteiger partial charge in [0.1, 0.15) is 5.69 Å². The summed E-state index contributed by atoms with van der Waals surface area (Å²) in [5.41, 5.74) is 1.91. The zero-order valence-corrected chi connectivity index (χ0v) is 18.8. The van der Waals surface area contributed by atoms with Crippen LogP contribution in [0.5, 0.6) is 0 Å². The van der Waals surface area contributed by atoms with Crippen LogP contribution in [0.2, 0.25) is 10.0 Å². The number of benzene rings is 1. The van der Waals surface area contributed by atoms with Gasteiger partial charge >= 0.3 is 0 Å². The second kappa shape index (κ2) is 9.32. The molecule has 2 aromatic heterocycles. The minimum atomic E-state index is -0.494. The molecule has 0 fully saturated rings. The first kappa shape index (κ1) is 22.5. The molecule has 0 aliphatic carbocycles. The van der Waals surface area contributed by atoms with E-state index in [2.05, 4.69) is 27.3 Å². The van der Waals surface area contributed by atoms with Gasteiger partial charge in [0.25, 0.3) is 11.8 Å². The Bertz CT molecular complexity index is 1170. The van der Waals surface area contributed by atoms with E-state index >= 15 is 0 Å². The lowest BCUT2D eigenvalue weighted by Gasteiger charge is -2.16. The molecule has 7 nitrogen and oxygen atoms in total. The average Bonchev–Trinajstić information content (AvgIpc) is 3.14. The highest BCUT2D eigenvalue weighted by Gasteiger charge is 2.22. The Morgan fingerprint density at radius 3 is 2.58 bits per heavy atom. The number of hydrogen-bond donors (Lipinski definition) is 2. The number of anilines is 1. The van der Waals surface area contributed by atoms with Crippen LogP contribution >= 0.6 is 23.2 Å². The maximum absolute atomic E-state index is 13.2. The van der Waals surface area contributed by atoms with Crippen LogP contribution < -0.4 is 10.6 Å². The molecule has 0 saturated carbocycles. The third-order valence-electron chi connectivity index (χ3n) is 4.31. The van der Waals surface area contributed by atoms with Crippen LogP contribution in [-0.2, 0) is 0 Å². The van der Waals surface area contributed by atoms with Crippen molar-refractivity contribution in [2.75, 3.05) is 5.32 Å². The number of halogens is 2. The van der Waals surface area contributed by atoms with Gasteiger partial charge in [-0.05, 0) is 62.7 Å². The second-order valence-electron chi connectivity index (χ2n) is 7.11. The van der Waals surface area contributed by atoms with Crippen LogP contribution in [0.1, 0.15) is 46.0 Å². The molecule has 0 aliphatic heterocycles. The zero-order valence-electron chi connectivity index (χ0n) is 17.2. The molecule has 160 valence electrons. The van der Waals surface area contributed by atoms with Gasteiger partial charge in [-0.3, -0.25) is 9.59 Å². The Kier molecular flexibility index (Phi) is 6.77. The number of carbonyl (C=O) groups is 2. The number of amides is 2. The van der Waals surface area contributed by atoms with Crippen molar-refractivity contribution in [2.45, 2.75) is 26.8 Å². The molecule has 0 saturated heterocycles. The van der Waals surface area contributed by atoms with Gasteiger partial charge in [-0.25, -0.2) is 9.67 Å². The van der Waals surface area contributed by atoms with Crippen molar-refractivity contribution in [1.29, 1.82) is 0 Å². The Balaban J connectivity index is 2.05. The summed E-state index contributed by atoms with van der Waals surface area (Å²) in [7, 11) is 0. The summed E-state index contributed by atoms with van der Waals surface area (Å²) in [6, 6.07) is 8.00. The Labute approximate surface area is 190 Å². The van der Waals surface area contributed by atoms with E-state index in [0.29, 0.717) is 32.8 Å². The van der Waals surface area contributed by atoms with Crippen molar-refractivity contribution < 1.29 is 9.59 Å². The fourth-order valence-corrected chi connectivity index (χ4v) is 3.44. The lowest BCUT2D eigenvalue weighted by Crippen LogP contribution is -2.31. The third-order valence-corrected chi connectivity index (χ3v) is 4.83. The largest absolute Gasteiger partial charge is 0.350 e. The van der Waals surface area contributed by atoms with E-state index in [1.54, 1.807) is 37.4 Å². The standard InChI is InChI=1S/C22H21Cl2N5O2/c1-5-15-11-18(29(28-15)20-17(24)7-6-8-25-20)22(31)27-19-13(4)9-14(23)10-16(19)21(30)26-12(2)3/h5-12H,1H2,2-4H3,(H,26,30)(H,27,31). The monoisotopic (exact) mass is 457 g/mol. The van der Waals surface area contributed by atoms with Crippen molar-refractivity contribution in [2.24, 2.45) is 0 Å². The molecule has 31 heavy (non-hydrogen) atoms. The molecular weight excluding hydrogens is 437 g/mol. The molecule has 0 radical (unpaired) electrons. The van der Waals surface area contributed by atoms with Gasteiger partial charge in [0.15, 0.2) is 5.82 Å². The fourth-order valence-electron chi connectivity index (χ4n) is 2.96. The Hall–Kier alpha value is -3.16. The van der Waals surface area contributed by atoms with E-state index in [-0.39, 0.29) is 23.2 Å². The minimum Gasteiger partial charge on any atom is -0.350 e. The third kappa shape index (κ3) is 4.95. The molecule has 9 heteroatoms. The van der Waals surface area contributed by atoms with Crippen LogP contribution in [0, 0.1) is 6.92 Å². The lowest BCUT2D eigenvalue weighted by atomic mass is 10.1. The number of rotatable bonds is 6. The first-order chi connectivity index (χ1) is 14.7. The van der Waals surface area contributed by atoms with Gasteiger partial charge in [-0.15, -0.1) is 0 Å². The predicted octanol–water partition coefficient (Wildman–Crippen LogP) is 4.92. The molecule has 3 rings (SSSR count). The SMILES string of the molecule is C=Cc1cc(C(=O)Nc2c(C)cc(Cl)cc2C(=O)NC(C)C)n(-c2ncccc2Cl)n1. The summed E-state index contributed by atoms with van der Waals surface area (Å²) < 4.78 is 1.34. The topological polar surface area (TPSA) is 88.9 Å². The lowest BCUT2D eigenvalue weighted by molar-refractivity contribution is 0.0944. The molecule has 0 unspecified atom stereocenters. The van der Waals surface area contributed by atoms with E-state index in [0.717, 1.165) is 0 Å². The molecule has 0 atom stereocenters. The first-order valence-electron chi connectivity index (χ1n) is 9.47. The van der Waals surface area contributed by atoms with E-state index < -0.39 is 5.91 Å². The van der Waals surface area contributed by atoms with E-state index in [4.69, 9.17) is 23.2 Å². The quantitative estimate of drug-likeness (QED) is 0.549. The fraction of sp³-hybridized carbons (Fsp3) is 0.182. The summed E-state index contributed by atoms with van der Waals surface area (Å²) >= 11 is 12.4. The number of hydrogen-bond acceptors (Lipinski definition) is 4. The normalized spacial score (nSPS) is 10.8. The molecule has 0 spiro atoms. The molecule has 0 bridgehead atoms. The van der Waals surface area contributed by atoms with Crippen LogP contribution in [-0.4, -0.2) is 32.6 Å². The van der Waals surface area contributed by atoms with Gasteiger partial charge < -0.3 is 10.6 Å². The van der Waals surface area contributed by atoms with Crippen LogP contribution in [0.15, 0.2) is 43.1 Å². The average molecular weight is 458 g/mol. The zero-order chi connectivity index (χ0) is 22.7. The van der Waals surface area contributed by atoms with Crippen molar-refractivity contribution in [3.63, 3.8) is 0 Å². The molecular formula is C22H21Cl2N5O2. The van der Waals surface area contributed by atoms with Crippen molar-refractivity contribution >= 4 is 46.8 Å². The molecule has 3 aromatic rings. The summed E-state index contributed by atoms with van der Waals surface area (Å²) in [6.45, 7) is 9.16. The highest BCUT2D eigenvalue weighted by atomic mass is 35.5.